The second-order valence-corrected chi connectivity index (χ2v) is 13.6. The van der Waals surface area contributed by atoms with Gasteiger partial charge in [-0.3, -0.25) is 4.79 Å². The molecule has 0 heterocycles. The fourth-order valence-electron chi connectivity index (χ4n) is 4.72. The lowest BCUT2D eigenvalue weighted by Crippen LogP contribution is -2.26. The van der Waals surface area contributed by atoms with E-state index in [2.05, 4.69) is 82.7 Å². The van der Waals surface area contributed by atoms with Crippen molar-refractivity contribution in [1.82, 2.24) is 4.90 Å². The lowest BCUT2D eigenvalue weighted by Gasteiger charge is -2.30. The van der Waals surface area contributed by atoms with Crippen LogP contribution in [-0.4, -0.2) is 37.0 Å². The number of nitrogens with zero attached hydrogens (tertiary/aromatic N) is 2. The van der Waals surface area contributed by atoms with Crippen LogP contribution in [0.15, 0.2) is 73.6 Å². The van der Waals surface area contributed by atoms with Crippen LogP contribution in [0.25, 0.3) is 0 Å². The highest BCUT2D eigenvalue weighted by Crippen LogP contribution is 2.36. The summed E-state index contributed by atoms with van der Waals surface area (Å²) in [6, 6.07) is 8.52. The van der Waals surface area contributed by atoms with Crippen LogP contribution in [0.2, 0.25) is 0 Å². The SMILES string of the molecule is C=CN(CCC(C)(C)CC(=O)CC)c1ccc(CC(C)(C)/C=C\C(=C)N(C)CCC(C)(C)CC(=C)C(F)(F)F)cc1. The van der Waals surface area contributed by atoms with E-state index in [-0.39, 0.29) is 17.3 Å². The summed E-state index contributed by atoms with van der Waals surface area (Å²) in [7, 11) is 1.92. The van der Waals surface area contributed by atoms with Crippen LogP contribution in [0.1, 0.15) is 86.1 Å². The Morgan fingerprint density at radius 1 is 0.902 bits per heavy atom. The van der Waals surface area contributed by atoms with Gasteiger partial charge in [0.05, 0.1) is 0 Å². The average molecular weight is 575 g/mol. The smallest absolute Gasteiger partial charge is 0.375 e. The van der Waals surface area contributed by atoms with Crippen molar-refractivity contribution in [1.29, 1.82) is 0 Å². The summed E-state index contributed by atoms with van der Waals surface area (Å²) in [4.78, 5) is 16.0. The third-order valence-electron chi connectivity index (χ3n) is 7.68. The Hall–Kier alpha value is -2.76. The van der Waals surface area contributed by atoms with E-state index in [0.29, 0.717) is 31.6 Å². The maximum absolute atomic E-state index is 12.9. The van der Waals surface area contributed by atoms with Crippen molar-refractivity contribution < 1.29 is 18.0 Å². The molecule has 1 rings (SSSR count). The topological polar surface area (TPSA) is 23.6 Å². The van der Waals surface area contributed by atoms with Crippen molar-refractivity contribution in [3.8, 4) is 0 Å². The molecular weight excluding hydrogens is 521 g/mol. The fraction of sp³-hybridized carbons (Fsp3) is 0.571. The minimum absolute atomic E-state index is 0.0544. The highest BCUT2D eigenvalue weighted by Gasteiger charge is 2.35. The van der Waals surface area contributed by atoms with Crippen LogP contribution >= 0.6 is 0 Å². The number of likely N-dealkylation sites (N-methyl/N-ethyl adjacent to an activating group) is 1. The molecule has 0 aromatic heterocycles. The van der Waals surface area contributed by atoms with Gasteiger partial charge < -0.3 is 9.80 Å². The molecular formula is C35H53F3N2O. The highest BCUT2D eigenvalue weighted by atomic mass is 19.4. The standard InChI is InChI=1S/C35H53F3N2O/c1-12-31(41)26-34(9,10)21-23-40(13-2)30-16-14-29(15-17-30)25-32(5,6)19-18-28(4)39(11)22-20-33(7,8)24-27(3)35(36,37)38/h13-19H,2-4,12,20-26H2,1,5-11H3/b19-18-. The van der Waals surface area contributed by atoms with E-state index in [1.54, 1.807) is 0 Å². The second-order valence-electron chi connectivity index (χ2n) is 13.6. The van der Waals surface area contributed by atoms with Gasteiger partial charge in [0, 0.05) is 49.9 Å². The predicted octanol–water partition coefficient (Wildman–Crippen LogP) is 9.92. The van der Waals surface area contributed by atoms with Crippen LogP contribution in [0.5, 0.6) is 0 Å². The van der Waals surface area contributed by atoms with E-state index in [0.717, 1.165) is 30.8 Å². The zero-order valence-corrected chi connectivity index (χ0v) is 26.8. The van der Waals surface area contributed by atoms with Gasteiger partial charge in [0.1, 0.15) is 5.78 Å². The molecule has 0 aliphatic carbocycles. The Morgan fingerprint density at radius 2 is 1.44 bits per heavy atom. The number of ketones is 1. The summed E-state index contributed by atoms with van der Waals surface area (Å²) in [6.07, 6.45) is 5.06. The molecule has 0 spiro atoms. The van der Waals surface area contributed by atoms with Crippen molar-refractivity contribution in [2.45, 2.75) is 93.2 Å². The maximum atomic E-state index is 12.9. The first-order valence-electron chi connectivity index (χ1n) is 14.5. The number of benzene rings is 1. The molecule has 3 nitrogen and oxygen atoms in total. The monoisotopic (exact) mass is 574 g/mol. The Bertz CT molecular complexity index is 1060. The number of allylic oxidation sites excluding steroid dienone is 3. The highest BCUT2D eigenvalue weighted by molar-refractivity contribution is 5.78. The maximum Gasteiger partial charge on any atom is 0.412 e. The molecule has 0 saturated carbocycles. The quantitative estimate of drug-likeness (QED) is 0.129. The Morgan fingerprint density at radius 3 is 1.95 bits per heavy atom. The number of rotatable bonds is 18. The molecule has 1 aromatic rings. The fourth-order valence-corrected chi connectivity index (χ4v) is 4.72. The molecule has 0 saturated heterocycles. The van der Waals surface area contributed by atoms with Crippen molar-refractivity contribution in [3.05, 3.63) is 79.2 Å². The van der Waals surface area contributed by atoms with Gasteiger partial charge in [0.25, 0.3) is 0 Å². The second kappa shape index (κ2) is 14.9. The van der Waals surface area contributed by atoms with E-state index in [1.807, 2.05) is 45.0 Å². The number of Topliss-reactive ketones (excluding diaryl/α,β-unsaturated/α-hetero) is 1. The molecule has 6 heteroatoms. The Balaban J connectivity index is 2.71. The van der Waals surface area contributed by atoms with Gasteiger partial charge >= 0.3 is 6.18 Å². The number of carbonyl (C=O) groups is 1. The third kappa shape index (κ3) is 13.6. The summed E-state index contributed by atoms with van der Waals surface area (Å²) in [5.74, 6) is 0.298. The summed E-state index contributed by atoms with van der Waals surface area (Å²) >= 11 is 0. The lowest BCUT2D eigenvalue weighted by molar-refractivity contribution is -0.120. The van der Waals surface area contributed by atoms with Gasteiger partial charge in [0.15, 0.2) is 0 Å². The van der Waals surface area contributed by atoms with Gasteiger partial charge in [-0.15, -0.1) is 0 Å². The zero-order chi connectivity index (χ0) is 31.6. The molecule has 0 N–H and O–H groups in total. The van der Waals surface area contributed by atoms with E-state index in [9.17, 15) is 18.0 Å². The Kier molecular flexibility index (Phi) is 13.2. The molecule has 0 amide bonds. The molecule has 0 unspecified atom stereocenters. The van der Waals surface area contributed by atoms with E-state index in [4.69, 9.17) is 0 Å². The first-order chi connectivity index (χ1) is 18.7. The average Bonchev–Trinajstić information content (AvgIpc) is 2.85. The van der Waals surface area contributed by atoms with E-state index in [1.165, 1.54) is 5.56 Å². The molecule has 230 valence electrons. The molecule has 0 fully saturated rings. The van der Waals surface area contributed by atoms with Crippen LogP contribution in [0.4, 0.5) is 18.9 Å². The number of alkyl halides is 3. The minimum Gasteiger partial charge on any atom is -0.375 e. The minimum atomic E-state index is -4.35. The molecule has 1 aromatic carbocycles. The van der Waals surface area contributed by atoms with Crippen LogP contribution < -0.4 is 4.90 Å². The van der Waals surface area contributed by atoms with Crippen molar-refractivity contribution >= 4 is 11.5 Å². The van der Waals surface area contributed by atoms with Crippen molar-refractivity contribution in [2.24, 2.45) is 16.2 Å². The number of halogens is 3. The van der Waals surface area contributed by atoms with Crippen LogP contribution in [-0.2, 0) is 11.2 Å². The number of carbonyl (C=O) groups excluding carboxylic acids is 1. The molecule has 0 atom stereocenters. The van der Waals surface area contributed by atoms with Gasteiger partial charge in [-0.05, 0) is 71.9 Å². The van der Waals surface area contributed by atoms with Gasteiger partial charge in [-0.1, -0.05) is 86.4 Å². The first-order valence-corrected chi connectivity index (χ1v) is 14.5. The van der Waals surface area contributed by atoms with Crippen LogP contribution in [0.3, 0.4) is 0 Å². The van der Waals surface area contributed by atoms with E-state index >= 15 is 0 Å². The summed E-state index contributed by atoms with van der Waals surface area (Å²) in [5, 5.41) is 0. The van der Waals surface area contributed by atoms with Gasteiger partial charge in [-0.25, -0.2) is 0 Å². The summed E-state index contributed by atoms with van der Waals surface area (Å²) < 4.78 is 38.7. The lowest BCUT2D eigenvalue weighted by atomic mass is 9.82. The number of anilines is 1. The molecule has 0 aliphatic rings. The number of hydrogen-bond acceptors (Lipinski definition) is 3. The summed E-state index contributed by atoms with van der Waals surface area (Å²) in [6.45, 7) is 27.0. The molecule has 41 heavy (non-hydrogen) atoms. The van der Waals surface area contributed by atoms with Gasteiger partial charge in [-0.2, -0.15) is 13.2 Å². The normalized spacial score (nSPS) is 12.9. The zero-order valence-electron chi connectivity index (χ0n) is 26.8. The molecule has 0 bridgehead atoms. The molecule has 0 aliphatic heterocycles. The van der Waals surface area contributed by atoms with Crippen LogP contribution in [0, 0.1) is 16.2 Å². The largest absolute Gasteiger partial charge is 0.412 e. The molecule has 0 radical (unpaired) electrons. The summed E-state index contributed by atoms with van der Waals surface area (Å²) in [5.41, 5.74) is 1.74. The van der Waals surface area contributed by atoms with Crippen molar-refractivity contribution in [2.75, 3.05) is 25.0 Å². The van der Waals surface area contributed by atoms with E-state index < -0.39 is 17.2 Å². The van der Waals surface area contributed by atoms with Crippen molar-refractivity contribution in [3.63, 3.8) is 0 Å². The first kappa shape index (κ1) is 36.3. The predicted molar refractivity (Wildman–Crippen MR) is 169 cm³/mol. The third-order valence-corrected chi connectivity index (χ3v) is 7.68. The van der Waals surface area contributed by atoms with Gasteiger partial charge in [0.2, 0.25) is 0 Å². The number of hydrogen-bond donors (Lipinski definition) is 0. The Labute approximate surface area is 247 Å².